The van der Waals surface area contributed by atoms with Crippen LogP contribution in [-0.4, -0.2) is 27.5 Å². The lowest BCUT2D eigenvalue weighted by molar-refractivity contribution is 0.700. The first-order chi connectivity index (χ1) is 13.8. The second kappa shape index (κ2) is 8.50. The van der Waals surface area contributed by atoms with Crippen LogP contribution in [0.2, 0.25) is 0 Å². The number of aromatic nitrogens is 3. The third-order valence-electron chi connectivity index (χ3n) is 4.66. The Morgan fingerprint density at radius 1 is 1.00 bits per heavy atom. The van der Waals surface area contributed by atoms with Crippen LogP contribution in [-0.2, 0) is 6.42 Å². The fourth-order valence-electron chi connectivity index (χ4n) is 3.17. The van der Waals surface area contributed by atoms with E-state index in [0.717, 1.165) is 28.9 Å². The zero-order chi connectivity index (χ0) is 19.2. The minimum absolute atomic E-state index is 0.00673. The number of nitrogens with one attached hydrogen (secondary N) is 2. The summed E-state index contributed by atoms with van der Waals surface area (Å²) in [6.07, 6.45) is 12.4. The number of anilines is 1. The van der Waals surface area contributed by atoms with Crippen LogP contribution in [0, 0.1) is 0 Å². The second-order valence-corrected chi connectivity index (χ2v) is 6.80. The van der Waals surface area contributed by atoms with E-state index in [-0.39, 0.29) is 6.04 Å². The van der Waals surface area contributed by atoms with Gasteiger partial charge in [-0.2, -0.15) is 0 Å². The Labute approximate surface area is 164 Å². The highest BCUT2D eigenvalue weighted by molar-refractivity contribution is 5.83. The molecule has 0 radical (unpaired) electrons. The monoisotopic (exact) mass is 369 g/mol. The first-order valence-electron chi connectivity index (χ1n) is 9.36. The molecule has 4 aromatic rings. The van der Waals surface area contributed by atoms with Crippen molar-refractivity contribution in [1.29, 1.82) is 0 Å². The van der Waals surface area contributed by atoms with Gasteiger partial charge in [0.25, 0.3) is 0 Å². The number of hydrogen-bond acceptors (Lipinski definition) is 4. The highest BCUT2D eigenvalue weighted by atomic mass is 15.0. The van der Waals surface area contributed by atoms with Crippen LogP contribution < -0.4 is 11.1 Å². The van der Waals surface area contributed by atoms with Gasteiger partial charge in [-0.25, -0.2) is 4.98 Å². The van der Waals surface area contributed by atoms with Gasteiger partial charge in [0, 0.05) is 48.3 Å². The number of pyridine rings is 2. The summed E-state index contributed by atoms with van der Waals surface area (Å²) in [4.78, 5) is 11.8. The zero-order valence-electron chi connectivity index (χ0n) is 15.5. The Morgan fingerprint density at radius 2 is 1.82 bits per heavy atom. The van der Waals surface area contributed by atoms with Gasteiger partial charge in [0.1, 0.15) is 5.82 Å². The zero-order valence-corrected chi connectivity index (χ0v) is 15.5. The van der Waals surface area contributed by atoms with E-state index in [1.165, 1.54) is 10.9 Å². The maximum atomic E-state index is 6.33. The molecule has 5 heteroatoms. The summed E-state index contributed by atoms with van der Waals surface area (Å²) in [5, 5.41) is 4.56. The topological polar surface area (TPSA) is 79.6 Å². The van der Waals surface area contributed by atoms with E-state index in [0.29, 0.717) is 6.54 Å². The van der Waals surface area contributed by atoms with Crippen molar-refractivity contribution in [2.75, 3.05) is 11.9 Å². The molecular weight excluding hydrogens is 346 g/mol. The maximum absolute atomic E-state index is 6.33. The Morgan fingerprint density at radius 3 is 2.64 bits per heavy atom. The first kappa shape index (κ1) is 17.9. The minimum Gasteiger partial charge on any atom is -0.369 e. The van der Waals surface area contributed by atoms with Crippen LogP contribution in [0.5, 0.6) is 0 Å². The SMILES string of the molecule is N[C@H](CNc1ccc(C=Cc2ccncc2)cn1)Cc1c[nH]c2ccccc12. The van der Waals surface area contributed by atoms with E-state index in [2.05, 4.69) is 38.5 Å². The molecule has 5 nitrogen and oxygen atoms in total. The van der Waals surface area contributed by atoms with Crippen LogP contribution in [0.15, 0.2) is 73.3 Å². The lowest BCUT2D eigenvalue weighted by Gasteiger charge is -2.13. The molecule has 28 heavy (non-hydrogen) atoms. The van der Waals surface area contributed by atoms with Crippen LogP contribution >= 0.6 is 0 Å². The highest BCUT2D eigenvalue weighted by Crippen LogP contribution is 2.19. The number of nitrogens with two attached hydrogens (primary N) is 1. The summed E-state index contributed by atoms with van der Waals surface area (Å²) in [6, 6.07) is 16.3. The van der Waals surface area contributed by atoms with Gasteiger partial charge in [0.15, 0.2) is 0 Å². The van der Waals surface area contributed by atoms with E-state index >= 15 is 0 Å². The molecule has 0 spiro atoms. The van der Waals surface area contributed by atoms with Crippen molar-refractivity contribution in [1.82, 2.24) is 15.0 Å². The molecule has 1 atom stereocenters. The third kappa shape index (κ3) is 4.45. The standard InChI is InChI=1S/C23H23N5/c24-20(13-19-15-26-22-4-2-1-3-21(19)22)16-28-23-8-7-18(14-27-23)6-5-17-9-11-25-12-10-17/h1-12,14-15,20,26H,13,16,24H2,(H,27,28)/t20-/m0/s1. The van der Waals surface area contributed by atoms with Gasteiger partial charge in [0.05, 0.1) is 0 Å². The number of nitrogens with zero attached hydrogens (tertiary/aromatic N) is 2. The largest absolute Gasteiger partial charge is 0.369 e. The molecule has 0 aliphatic heterocycles. The fraction of sp³-hybridized carbons (Fsp3) is 0.130. The van der Waals surface area contributed by atoms with E-state index in [4.69, 9.17) is 5.73 Å². The summed E-state index contributed by atoms with van der Waals surface area (Å²) < 4.78 is 0. The third-order valence-corrected chi connectivity index (χ3v) is 4.66. The average Bonchev–Trinajstić information content (AvgIpc) is 3.15. The molecule has 140 valence electrons. The van der Waals surface area contributed by atoms with E-state index in [1.54, 1.807) is 12.4 Å². The molecule has 0 saturated heterocycles. The second-order valence-electron chi connectivity index (χ2n) is 6.80. The molecule has 4 N–H and O–H groups in total. The number of H-pyrrole nitrogens is 1. The Bertz CT molecular complexity index is 1050. The lowest BCUT2D eigenvalue weighted by atomic mass is 10.1. The van der Waals surface area contributed by atoms with Crippen molar-refractivity contribution in [2.24, 2.45) is 5.73 Å². The lowest BCUT2D eigenvalue weighted by Crippen LogP contribution is -2.31. The number of benzene rings is 1. The molecule has 0 unspecified atom stereocenters. The minimum atomic E-state index is 0.00673. The smallest absolute Gasteiger partial charge is 0.125 e. The molecule has 0 amide bonds. The van der Waals surface area contributed by atoms with Crippen LogP contribution in [0.25, 0.3) is 23.1 Å². The predicted octanol–water partition coefficient (Wildman–Crippen LogP) is 4.11. The number of rotatable bonds is 7. The van der Waals surface area contributed by atoms with E-state index < -0.39 is 0 Å². The molecule has 0 saturated carbocycles. The van der Waals surface area contributed by atoms with E-state index in [1.807, 2.05) is 54.9 Å². The highest BCUT2D eigenvalue weighted by Gasteiger charge is 2.09. The van der Waals surface area contributed by atoms with Gasteiger partial charge in [0.2, 0.25) is 0 Å². The maximum Gasteiger partial charge on any atom is 0.125 e. The number of fused-ring (bicyclic) bond motifs is 1. The van der Waals surface area contributed by atoms with Crippen molar-refractivity contribution in [3.63, 3.8) is 0 Å². The first-order valence-corrected chi connectivity index (χ1v) is 9.36. The number of hydrogen-bond donors (Lipinski definition) is 3. The molecular formula is C23H23N5. The van der Waals surface area contributed by atoms with Crippen molar-refractivity contribution >= 4 is 28.9 Å². The molecule has 1 aromatic carbocycles. The van der Waals surface area contributed by atoms with Crippen molar-refractivity contribution < 1.29 is 0 Å². The van der Waals surface area contributed by atoms with Crippen LogP contribution in [0.3, 0.4) is 0 Å². The Balaban J connectivity index is 1.31. The quantitative estimate of drug-likeness (QED) is 0.458. The summed E-state index contributed by atoms with van der Waals surface area (Å²) >= 11 is 0. The Hall–Kier alpha value is -3.44. The normalized spacial score (nSPS) is 12.5. The van der Waals surface area contributed by atoms with Gasteiger partial charge in [-0.3, -0.25) is 4.98 Å². The molecule has 3 heterocycles. The van der Waals surface area contributed by atoms with Crippen LogP contribution in [0.1, 0.15) is 16.7 Å². The predicted molar refractivity (Wildman–Crippen MR) is 116 cm³/mol. The van der Waals surface area contributed by atoms with Crippen LogP contribution in [0.4, 0.5) is 5.82 Å². The summed E-state index contributed by atoms with van der Waals surface area (Å²) in [7, 11) is 0. The summed E-state index contributed by atoms with van der Waals surface area (Å²) in [5.41, 5.74) is 10.9. The van der Waals surface area contributed by atoms with Gasteiger partial charge in [-0.15, -0.1) is 0 Å². The molecule has 0 aliphatic rings. The molecule has 3 aromatic heterocycles. The van der Waals surface area contributed by atoms with Crippen molar-refractivity contribution in [3.05, 3.63) is 90.0 Å². The average molecular weight is 369 g/mol. The number of para-hydroxylation sites is 1. The van der Waals surface area contributed by atoms with Gasteiger partial charge in [-0.1, -0.05) is 30.4 Å². The fourth-order valence-corrected chi connectivity index (χ4v) is 3.17. The number of aromatic amines is 1. The molecule has 4 rings (SSSR count). The van der Waals surface area contributed by atoms with Crippen molar-refractivity contribution in [2.45, 2.75) is 12.5 Å². The molecule has 0 aliphatic carbocycles. The summed E-state index contributed by atoms with van der Waals surface area (Å²) in [6.45, 7) is 0.665. The van der Waals surface area contributed by atoms with Gasteiger partial charge < -0.3 is 16.0 Å². The molecule has 0 fully saturated rings. The summed E-state index contributed by atoms with van der Waals surface area (Å²) in [5.74, 6) is 0.829. The molecule has 0 bridgehead atoms. The Kier molecular flexibility index (Phi) is 5.45. The van der Waals surface area contributed by atoms with Gasteiger partial charge in [-0.05, 0) is 53.4 Å². The van der Waals surface area contributed by atoms with E-state index in [9.17, 15) is 0 Å². The van der Waals surface area contributed by atoms with Gasteiger partial charge >= 0.3 is 0 Å². The van der Waals surface area contributed by atoms with Crippen molar-refractivity contribution in [3.8, 4) is 0 Å².